The molecule has 0 aromatic carbocycles. The van der Waals surface area contributed by atoms with Crippen LogP contribution in [0.15, 0.2) is 24.4 Å². The molecule has 0 bridgehead atoms. The van der Waals surface area contributed by atoms with Gasteiger partial charge in [-0.05, 0) is 44.9 Å². The molecule has 2 aromatic rings. The topological polar surface area (TPSA) is 69.0 Å². The third kappa shape index (κ3) is 3.17. The van der Waals surface area contributed by atoms with Gasteiger partial charge >= 0.3 is 0 Å². The molecule has 1 amide bonds. The van der Waals surface area contributed by atoms with E-state index in [1.807, 2.05) is 19.9 Å². The Morgan fingerprint density at radius 2 is 2.32 bits per heavy atom. The first-order chi connectivity index (χ1) is 10.6. The molecule has 0 spiro atoms. The number of ether oxygens (including phenoxy) is 1. The average Bonchev–Trinajstić information content (AvgIpc) is 3.14. The summed E-state index contributed by atoms with van der Waals surface area (Å²) >= 11 is 0. The Hall–Kier alpha value is -2.21. The van der Waals surface area contributed by atoms with Crippen LogP contribution in [-0.4, -0.2) is 39.9 Å². The fourth-order valence-corrected chi connectivity index (χ4v) is 2.62. The normalized spacial score (nSPS) is 17.6. The molecule has 1 aliphatic rings. The summed E-state index contributed by atoms with van der Waals surface area (Å²) < 4.78 is 7.26. The average molecular weight is 300 g/mol. The van der Waals surface area contributed by atoms with Crippen molar-refractivity contribution in [1.82, 2.24) is 20.1 Å². The number of hydrogen-bond donors (Lipinski definition) is 1. The van der Waals surface area contributed by atoms with E-state index in [4.69, 9.17) is 4.74 Å². The Labute approximate surface area is 129 Å². The fraction of sp³-hybridized carbons (Fsp3) is 0.438. The zero-order chi connectivity index (χ0) is 15.5. The van der Waals surface area contributed by atoms with Crippen LogP contribution in [0.2, 0.25) is 0 Å². The summed E-state index contributed by atoms with van der Waals surface area (Å²) in [6.45, 7) is 5.26. The summed E-state index contributed by atoms with van der Waals surface area (Å²) in [4.78, 5) is 16.4. The third-order valence-corrected chi connectivity index (χ3v) is 3.75. The first kappa shape index (κ1) is 14.7. The van der Waals surface area contributed by atoms with Gasteiger partial charge < -0.3 is 10.1 Å². The van der Waals surface area contributed by atoms with Crippen LogP contribution in [0.25, 0.3) is 5.82 Å². The van der Waals surface area contributed by atoms with Crippen LogP contribution in [0.1, 0.15) is 34.6 Å². The number of pyridine rings is 1. The van der Waals surface area contributed by atoms with Gasteiger partial charge in [-0.25, -0.2) is 9.67 Å². The smallest absolute Gasteiger partial charge is 0.252 e. The van der Waals surface area contributed by atoms with Crippen molar-refractivity contribution in [3.8, 4) is 5.82 Å². The van der Waals surface area contributed by atoms with Gasteiger partial charge in [0.25, 0.3) is 5.91 Å². The molecule has 1 N–H and O–H groups in total. The molecule has 1 fully saturated rings. The Balaban J connectivity index is 1.65. The zero-order valence-electron chi connectivity index (χ0n) is 12.9. The quantitative estimate of drug-likeness (QED) is 0.934. The SMILES string of the molecule is Cc1cc(C)n(-c2ccc(C(=O)NC[C@@H]3CCCO3)cn2)n1. The van der Waals surface area contributed by atoms with Crippen molar-refractivity contribution in [2.45, 2.75) is 32.8 Å². The molecule has 0 radical (unpaired) electrons. The molecule has 6 heteroatoms. The molecule has 3 rings (SSSR count). The molecule has 2 aromatic heterocycles. The van der Waals surface area contributed by atoms with E-state index in [0.717, 1.165) is 30.8 Å². The number of rotatable bonds is 4. The van der Waals surface area contributed by atoms with Crippen molar-refractivity contribution in [3.63, 3.8) is 0 Å². The van der Waals surface area contributed by atoms with Crippen LogP contribution < -0.4 is 5.32 Å². The van der Waals surface area contributed by atoms with E-state index >= 15 is 0 Å². The summed E-state index contributed by atoms with van der Waals surface area (Å²) in [6.07, 6.45) is 3.80. The molecule has 22 heavy (non-hydrogen) atoms. The van der Waals surface area contributed by atoms with E-state index in [2.05, 4.69) is 15.4 Å². The van der Waals surface area contributed by atoms with Crippen molar-refractivity contribution < 1.29 is 9.53 Å². The second kappa shape index (κ2) is 6.27. The van der Waals surface area contributed by atoms with Gasteiger partial charge in [0.1, 0.15) is 0 Å². The predicted molar refractivity (Wildman–Crippen MR) is 82.1 cm³/mol. The van der Waals surface area contributed by atoms with Crippen LogP contribution in [0.5, 0.6) is 0 Å². The first-order valence-electron chi connectivity index (χ1n) is 7.53. The molecular weight excluding hydrogens is 280 g/mol. The number of carbonyl (C=O) groups is 1. The molecule has 116 valence electrons. The van der Waals surface area contributed by atoms with Gasteiger partial charge in [-0.2, -0.15) is 5.10 Å². The second-order valence-electron chi connectivity index (χ2n) is 5.59. The standard InChI is InChI=1S/C16H20N4O2/c1-11-8-12(2)20(19-11)15-6-5-13(9-17-15)16(21)18-10-14-4-3-7-22-14/h5-6,8-9,14H,3-4,7,10H2,1-2H3,(H,18,21)/t14-/m0/s1. The van der Waals surface area contributed by atoms with Crippen molar-refractivity contribution in [3.05, 3.63) is 41.3 Å². The molecule has 1 aliphatic heterocycles. The molecule has 0 unspecified atom stereocenters. The second-order valence-corrected chi connectivity index (χ2v) is 5.59. The van der Waals surface area contributed by atoms with E-state index in [1.54, 1.807) is 23.0 Å². The van der Waals surface area contributed by atoms with Crippen LogP contribution in [0, 0.1) is 13.8 Å². The van der Waals surface area contributed by atoms with Crippen molar-refractivity contribution in [2.24, 2.45) is 0 Å². The summed E-state index contributed by atoms with van der Waals surface area (Å²) in [7, 11) is 0. The van der Waals surface area contributed by atoms with Gasteiger partial charge in [0.15, 0.2) is 5.82 Å². The number of nitrogens with zero attached hydrogens (tertiary/aromatic N) is 3. The van der Waals surface area contributed by atoms with Gasteiger partial charge in [0, 0.05) is 25.0 Å². The first-order valence-corrected chi connectivity index (χ1v) is 7.53. The van der Waals surface area contributed by atoms with Gasteiger partial charge in [0.2, 0.25) is 0 Å². The molecule has 1 atom stereocenters. The lowest BCUT2D eigenvalue weighted by molar-refractivity contribution is 0.0857. The van der Waals surface area contributed by atoms with Crippen LogP contribution in [0.4, 0.5) is 0 Å². The molecule has 0 saturated carbocycles. The molecule has 6 nitrogen and oxygen atoms in total. The highest BCUT2D eigenvalue weighted by molar-refractivity contribution is 5.93. The largest absolute Gasteiger partial charge is 0.376 e. The third-order valence-electron chi connectivity index (χ3n) is 3.75. The highest BCUT2D eigenvalue weighted by Crippen LogP contribution is 2.12. The fourth-order valence-electron chi connectivity index (χ4n) is 2.62. The van der Waals surface area contributed by atoms with Crippen molar-refractivity contribution in [1.29, 1.82) is 0 Å². The summed E-state index contributed by atoms with van der Waals surface area (Å²) in [5.41, 5.74) is 2.50. The maximum atomic E-state index is 12.1. The number of amides is 1. The lowest BCUT2D eigenvalue weighted by Crippen LogP contribution is -2.31. The highest BCUT2D eigenvalue weighted by Gasteiger charge is 2.17. The molecular formula is C16H20N4O2. The van der Waals surface area contributed by atoms with E-state index in [-0.39, 0.29) is 12.0 Å². The van der Waals surface area contributed by atoms with Crippen molar-refractivity contribution >= 4 is 5.91 Å². The Kier molecular flexibility index (Phi) is 4.20. The predicted octanol–water partition coefficient (Wildman–Crippen LogP) is 1.79. The number of carbonyl (C=O) groups excluding carboxylic acids is 1. The summed E-state index contributed by atoms with van der Waals surface area (Å²) in [5, 5.41) is 7.27. The lowest BCUT2D eigenvalue weighted by atomic mass is 10.2. The van der Waals surface area contributed by atoms with Gasteiger partial charge in [-0.3, -0.25) is 4.79 Å². The highest BCUT2D eigenvalue weighted by atomic mass is 16.5. The van der Waals surface area contributed by atoms with E-state index < -0.39 is 0 Å². The minimum Gasteiger partial charge on any atom is -0.376 e. The zero-order valence-corrected chi connectivity index (χ0v) is 12.9. The minimum absolute atomic E-state index is 0.122. The number of hydrogen-bond acceptors (Lipinski definition) is 4. The Morgan fingerprint density at radius 1 is 1.45 bits per heavy atom. The summed E-state index contributed by atoms with van der Waals surface area (Å²) in [5.74, 6) is 0.587. The van der Waals surface area contributed by atoms with Gasteiger partial charge in [-0.15, -0.1) is 0 Å². The molecule has 1 saturated heterocycles. The summed E-state index contributed by atoms with van der Waals surface area (Å²) in [6, 6.07) is 5.56. The number of aryl methyl sites for hydroxylation is 2. The van der Waals surface area contributed by atoms with Gasteiger partial charge in [0.05, 0.1) is 17.4 Å². The monoisotopic (exact) mass is 300 g/mol. The van der Waals surface area contributed by atoms with Gasteiger partial charge in [-0.1, -0.05) is 0 Å². The molecule has 3 heterocycles. The minimum atomic E-state index is -0.122. The number of nitrogens with one attached hydrogen (secondary N) is 1. The van der Waals surface area contributed by atoms with Crippen molar-refractivity contribution in [2.75, 3.05) is 13.2 Å². The number of aromatic nitrogens is 3. The van der Waals surface area contributed by atoms with Crippen LogP contribution in [0.3, 0.4) is 0 Å². The molecule has 0 aliphatic carbocycles. The Morgan fingerprint density at radius 3 is 2.91 bits per heavy atom. The van der Waals surface area contributed by atoms with E-state index in [0.29, 0.717) is 17.9 Å². The van der Waals surface area contributed by atoms with E-state index in [1.165, 1.54) is 0 Å². The maximum absolute atomic E-state index is 12.1. The maximum Gasteiger partial charge on any atom is 0.252 e. The van der Waals surface area contributed by atoms with Crippen LogP contribution >= 0.6 is 0 Å². The lowest BCUT2D eigenvalue weighted by Gasteiger charge is -2.11. The van der Waals surface area contributed by atoms with E-state index in [9.17, 15) is 4.79 Å². The van der Waals surface area contributed by atoms with Crippen LogP contribution in [-0.2, 0) is 4.74 Å². The Bertz CT molecular complexity index is 657.